The van der Waals surface area contributed by atoms with Crippen LogP contribution in [0.1, 0.15) is 17.3 Å². The third-order valence-electron chi connectivity index (χ3n) is 4.98. The Balaban J connectivity index is 1.52. The van der Waals surface area contributed by atoms with Crippen LogP contribution in [0, 0.1) is 0 Å². The number of carbonyl (C=O) groups is 1. The van der Waals surface area contributed by atoms with Gasteiger partial charge in [0.1, 0.15) is 0 Å². The van der Waals surface area contributed by atoms with E-state index in [2.05, 4.69) is 34.2 Å². The molecule has 2 aromatic rings. The van der Waals surface area contributed by atoms with Gasteiger partial charge >= 0.3 is 0 Å². The van der Waals surface area contributed by atoms with Gasteiger partial charge in [-0.05, 0) is 43.3 Å². The number of hydrogen-bond donors (Lipinski definition) is 3. The van der Waals surface area contributed by atoms with Gasteiger partial charge in [0.25, 0.3) is 5.91 Å². The summed E-state index contributed by atoms with van der Waals surface area (Å²) in [5.74, 6) is -0.405. The minimum Gasteiger partial charge on any atom is -0.399 e. The van der Waals surface area contributed by atoms with Crippen LogP contribution in [0.2, 0.25) is 0 Å². The van der Waals surface area contributed by atoms with Crippen LogP contribution in [0.15, 0.2) is 48.5 Å². The summed E-state index contributed by atoms with van der Waals surface area (Å²) in [7, 11) is 0. The highest BCUT2D eigenvalue weighted by Gasteiger charge is 2.21. The number of hydrogen-bond acceptors (Lipinski definition) is 5. The highest BCUT2D eigenvalue weighted by atomic mass is 16.1. The third-order valence-corrected chi connectivity index (χ3v) is 4.98. The van der Waals surface area contributed by atoms with Crippen molar-refractivity contribution in [2.75, 3.05) is 48.7 Å². The Hall–Kier alpha value is -2.73. The molecule has 5 N–H and O–H groups in total. The quantitative estimate of drug-likeness (QED) is 0.691. The minimum absolute atomic E-state index is 0.365. The van der Waals surface area contributed by atoms with Crippen molar-refractivity contribution in [2.45, 2.75) is 13.0 Å². The number of nitrogens with zero attached hydrogens (tertiary/aromatic N) is 2. The summed E-state index contributed by atoms with van der Waals surface area (Å²) in [6, 6.07) is 15.8. The van der Waals surface area contributed by atoms with Gasteiger partial charge in [-0.3, -0.25) is 9.69 Å². The van der Waals surface area contributed by atoms with Crippen molar-refractivity contribution in [3.05, 3.63) is 54.1 Å². The molecular weight excluding hydrogens is 326 g/mol. The van der Waals surface area contributed by atoms with Crippen LogP contribution in [0.4, 0.5) is 17.1 Å². The molecule has 1 aliphatic rings. The van der Waals surface area contributed by atoms with Gasteiger partial charge in [0.15, 0.2) is 0 Å². The molecule has 1 aliphatic heterocycles. The number of rotatable bonds is 6. The normalized spacial score (nSPS) is 16.3. The lowest BCUT2D eigenvalue weighted by molar-refractivity contribution is 0.100. The van der Waals surface area contributed by atoms with Crippen molar-refractivity contribution < 1.29 is 4.79 Å². The highest BCUT2D eigenvalue weighted by Crippen LogP contribution is 2.19. The number of benzene rings is 2. The monoisotopic (exact) mass is 353 g/mol. The molecule has 3 rings (SSSR count). The molecule has 2 aromatic carbocycles. The van der Waals surface area contributed by atoms with Gasteiger partial charge in [-0.25, -0.2) is 0 Å². The Morgan fingerprint density at radius 1 is 1.08 bits per heavy atom. The number of nitrogen functional groups attached to an aromatic ring is 1. The third kappa shape index (κ3) is 4.26. The molecular formula is C20H27N5O. The molecule has 0 bridgehead atoms. The maximum absolute atomic E-state index is 11.5. The number of primary amides is 1. The van der Waals surface area contributed by atoms with Crippen LogP contribution in [0.3, 0.4) is 0 Å². The van der Waals surface area contributed by atoms with E-state index in [4.69, 9.17) is 11.5 Å². The van der Waals surface area contributed by atoms with Crippen LogP contribution >= 0.6 is 0 Å². The SMILES string of the molecule is CC(CNc1ccccc1C(N)=O)N1CCN(c2ccc(N)cc2)CC1. The fourth-order valence-electron chi connectivity index (χ4n) is 3.34. The predicted molar refractivity (Wildman–Crippen MR) is 108 cm³/mol. The van der Waals surface area contributed by atoms with Gasteiger partial charge in [0, 0.05) is 55.8 Å². The number of carbonyl (C=O) groups excluding carboxylic acids is 1. The zero-order chi connectivity index (χ0) is 18.5. The second-order valence-corrected chi connectivity index (χ2v) is 6.75. The number of nitrogens with two attached hydrogens (primary N) is 2. The second-order valence-electron chi connectivity index (χ2n) is 6.75. The molecule has 1 unspecified atom stereocenters. The first-order valence-electron chi connectivity index (χ1n) is 9.02. The molecule has 0 aromatic heterocycles. The predicted octanol–water partition coefficient (Wildman–Crippen LogP) is 1.99. The number of para-hydroxylation sites is 1. The van der Waals surface area contributed by atoms with Gasteiger partial charge in [0.05, 0.1) is 5.56 Å². The number of anilines is 3. The molecule has 0 aliphatic carbocycles. The number of amides is 1. The van der Waals surface area contributed by atoms with E-state index in [1.807, 2.05) is 30.3 Å². The molecule has 0 radical (unpaired) electrons. The van der Waals surface area contributed by atoms with E-state index in [0.29, 0.717) is 11.6 Å². The maximum Gasteiger partial charge on any atom is 0.250 e. The summed E-state index contributed by atoms with van der Waals surface area (Å²) in [5, 5.41) is 3.37. The zero-order valence-corrected chi connectivity index (χ0v) is 15.2. The summed E-state index contributed by atoms with van der Waals surface area (Å²) < 4.78 is 0. The minimum atomic E-state index is -0.405. The zero-order valence-electron chi connectivity index (χ0n) is 15.2. The second kappa shape index (κ2) is 8.10. The fraction of sp³-hybridized carbons (Fsp3) is 0.350. The standard InChI is InChI=1S/C20H27N5O/c1-15(14-23-19-5-3-2-4-18(19)20(22)26)24-10-12-25(13-11-24)17-8-6-16(21)7-9-17/h2-9,15,23H,10-14,21H2,1H3,(H2,22,26). The molecule has 0 spiro atoms. The van der Waals surface area contributed by atoms with Crippen molar-refractivity contribution >= 4 is 23.0 Å². The Kier molecular flexibility index (Phi) is 5.63. The van der Waals surface area contributed by atoms with E-state index in [9.17, 15) is 4.79 Å². The summed E-state index contributed by atoms with van der Waals surface area (Å²) in [4.78, 5) is 16.4. The molecule has 0 saturated carbocycles. The lowest BCUT2D eigenvalue weighted by Crippen LogP contribution is -2.51. The van der Waals surface area contributed by atoms with Gasteiger partial charge in [0.2, 0.25) is 0 Å². The smallest absolute Gasteiger partial charge is 0.250 e. The Morgan fingerprint density at radius 2 is 1.73 bits per heavy atom. The van der Waals surface area contributed by atoms with E-state index in [1.165, 1.54) is 5.69 Å². The molecule has 6 heteroatoms. The molecule has 1 atom stereocenters. The van der Waals surface area contributed by atoms with Gasteiger partial charge < -0.3 is 21.7 Å². The average molecular weight is 353 g/mol. The van der Waals surface area contributed by atoms with Crippen molar-refractivity contribution in [1.82, 2.24) is 4.90 Å². The van der Waals surface area contributed by atoms with Crippen LogP contribution in [-0.4, -0.2) is 49.6 Å². The van der Waals surface area contributed by atoms with E-state index in [1.54, 1.807) is 6.07 Å². The van der Waals surface area contributed by atoms with E-state index in [0.717, 1.165) is 44.1 Å². The summed E-state index contributed by atoms with van der Waals surface area (Å²) in [6.45, 7) is 6.97. The molecule has 1 heterocycles. The van der Waals surface area contributed by atoms with Crippen molar-refractivity contribution in [3.8, 4) is 0 Å². The first kappa shape index (κ1) is 18.1. The molecule has 26 heavy (non-hydrogen) atoms. The van der Waals surface area contributed by atoms with Gasteiger partial charge in [-0.2, -0.15) is 0 Å². The molecule has 1 amide bonds. The Bertz CT molecular complexity index is 738. The van der Waals surface area contributed by atoms with E-state index >= 15 is 0 Å². The molecule has 6 nitrogen and oxygen atoms in total. The largest absolute Gasteiger partial charge is 0.399 e. The molecule has 1 saturated heterocycles. The van der Waals surface area contributed by atoms with Gasteiger partial charge in [-0.15, -0.1) is 0 Å². The van der Waals surface area contributed by atoms with Crippen molar-refractivity contribution in [1.29, 1.82) is 0 Å². The lowest BCUT2D eigenvalue weighted by atomic mass is 10.1. The average Bonchev–Trinajstić information content (AvgIpc) is 2.67. The fourth-order valence-corrected chi connectivity index (χ4v) is 3.34. The maximum atomic E-state index is 11.5. The Morgan fingerprint density at radius 3 is 2.38 bits per heavy atom. The molecule has 138 valence electrons. The number of piperazine rings is 1. The van der Waals surface area contributed by atoms with E-state index < -0.39 is 5.91 Å². The van der Waals surface area contributed by atoms with Crippen LogP contribution in [0.25, 0.3) is 0 Å². The first-order valence-corrected chi connectivity index (χ1v) is 9.02. The summed E-state index contributed by atoms with van der Waals surface area (Å²) >= 11 is 0. The van der Waals surface area contributed by atoms with Crippen LogP contribution in [-0.2, 0) is 0 Å². The summed E-state index contributed by atoms with van der Waals surface area (Å²) in [6.07, 6.45) is 0. The lowest BCUT2D eigenvalue weighted by Gasteiger charge is -2.39. The van der Waals surface area contributed by atoms with E-state index in [-0.39, 0.29) is 0 Å². The highest BCUT2D eigenvalue weighted by molar-refractivity contribution is 5.98. The van der Waals surface area contributed by atoms with Crippen LogP contribution < -0.4 is 21.7 Å². The Labute approximate surface area is 154 Å². The van der Waals surface area contributed by atoms with Crippen molar-refractivity contribution in [3.63, 3.8) is 0 Å². The van der Waals surface area contributed by atoms with Crippen molar-refractivity contribution in [2.24, 2.45) is 5.73 Å². The topological polar surface area (TPSA) is 87.6 Å². The summed E-state index contributed by atoms with van der Waals surface area (Å²) in [5.41, 5.74) is 14.6. The first-order chi connectivity index (χ1) is 12.5. The molecule has 1 fully saturated rings. The van der Waals surface area contributed by atoms with Gasteiger partial charge in [-0.1, -0.05) is 12.1 Å². The number of nitrogens with one attached hydrogen (secondary N) is 1. The van der Waals surface area contributed by atoms with Crippen LogP contribution in [0.5, 0.6) is 0 Å².